The molecule has 1 aliphatic carbocycles. The molecular weight excluding hydrogens is 501 g/mol. The van der Waals surface area contributed by atoms with Crippen LogP contribution in [0, 0.1) is 11.8 Å². The van der Waals surface area contributed by atoms with Crippen LogP contribution in [0.4, 0.5) is 0 Å². The molecule has 8 heteroatoms. The molecule has 2 fully saturated rings. The molecule has 0 aromatic heterocycles. The minimum Gasteiger partial charge on any atom is -0.481 e. The Morgan fingerprint density at radius 2 is 1.72 bits per heavy atom. The molecular formula is C28H31Cl2NO5. The summed E-state index contributed by atoms with van der Waals surface area (Å²) in [5.74, 6) is -2.95. The van der Waals surface area contributed by atoms with Crippen LogP contribution in [0.2, 0.25) is 10.0 Å². The second-order valence-electron chi connectivity index (χ2n) is 10.7. The molecule has 4 rings (SSSR count). The molecule has 2 aromatic rings. The van der Waals surface area contributed by atoms with Gasteiger partial charge in [-0.25, -0.2) is 4.79 Å². The first kappa shape index (κ1) is 26.5. The summed E-state index contributed by atoms with van der Waals surface area (Å²) in [6.45, 7) is 5.39. The molecule has 0 radical (unpaired) electrons. The number of halogens is 2. The van der Waals surface area contributed by atoms with Gasteiger partial charge in [0.1, 0.15) is 11.6 Å². The maximum atomic E-state index is 14.0. The molecule has 36 heavy (non-hydrogen) atoms. The van der Waals surface area contributed by atoms with Gasteiger partial charge < -0.3 is 14.7 Å². The molecule has 0 bridgehead atoms. The van der Waals surface area contributed by atoms with Gasteiger partial charge in [-0.2, -0.15) is 0 Å². The number of carboxylic acids is 1. The average molecular weight is 532 g/mol. The zero-order valence-corrected chi connectivity index (χ0v) is 22.1. The number of likely N-dealkylation sites (tertiary alicyclic amines) is 1. The van der Waals surface area contributed by atoms with Crippen molar-refractivity contribution in [2.45, 2.75) is 70.1 Å². The van der Waals surface area contributed by atoms with E-state index in [0.29, 0.717) is 16.5 Å². The summed E-state index contributed by atoms with van der Waals surface area (Å²) in [4.78, 5) is 40.9. The first-order valence-corrected chi connectivity index (χ1v) is 13.0. The van der Waals surface area contributed by atoms with Gasteiger partial charge in [-0.1, -0.05) is 47.5 Å². The van der Waals surface area contributed by atoms with Crippen LogP contribution in [-0.4, -0.2) is 39.5 Å². The van der Waals surface area contributed by atoms with Crippen molar-refractivity contribution in [3.63, 3.8) is 0 Å². The largest absolute Gasteiger partial charge is 0.481 e. The number of rotatable bonds is 7. The highest BCUT2D eigenvalue weighted by Gasteiger charge is 2.53. The molecule has 2 unspecified atom stereocenters. The fraction of sp³-hybridized carbons (Fsp3) is 0.464. The van der Waals surface area contributed by atoms with E-state index in [9.17, 15) is 19.5 Å². The highest BCUT2D eigenvalue weighted by atomic mass is 35.5. The summed E-state index contributed by atoms with van der Waals surface area (Å²) in [7, 11) is 0. The van der Waals surface area contributed by atoms with E-state index in [1.165, 1.54) is 0 Å². The molecule has 1 saturated carbocycles. The van der Waals surface area contributed by atoms with E-state index in [0.717, 1.165) is 24.0 Å². The lowest BCUT2D eigenvalue weighted by Crippen LogP contribution is -2.56. The summed E-state index contributed by atoms with van der Waals surface area (Å²) in [6.07, 6.45) is 1.60. The second-order valence-corrected chi connectivity index (χ2v) is 11.6. The van der Waals surface area contributed by atoms with Gasteiger partial charge in [0.25, 0.3) is 0 Å². The Morgan fingerprint density at radius 3 is 2.28 bits per heavy atom. The van der Waals surface area contributed by atoms with E-state index in [4.69, 9.17) is 27.9 Å². The van der Waals surface area contributed by atoms with E-state index in [1.807, 2.05) is 30.3 Å². The minimum atomic E-state index is -1.05. The van der Waals surface area contributed by atoms with Gasteiger partial charge in [-0.15, -0.1) is 0 Å². The summed E-state index contributed by atoms with van der Waals surface area (Å²) < 4.78 is 5.79. The fourth-order valence-corrected chi connectivity index (χ4v) is 5.51. The normalized spacial score (nSPS) is 23.3. The summed E-state index contributed by atoms with van der Waals surface area (Å²) in [6, 6.07) is 13.3. The number of amides is 1. The Labute approximate surface area is 221 Å². The number of piperidine rings is 1. The molecule has 4 atom stereocenters. The monoisotopic (exact) mass is 531 g/mol. The van der Waals surface area contributed by atoms with Crippen LogP contribution in [0.5, 0.6) is 0 Å². The summed E-state index contributed by atoms with van der Waals surface area (Å²) in [5.41, 5.74) is 0.973. The second kappa shape index (κ2) is 10.4. The molecule has 1 amide bonds. The summed E-state index contributed by atoms with van der Waals surface area (Å²) >= 11 is 12.5. The minimum absolute atomic E-state index is 0.0396. The smallest absolute Gasteiger partial charge is 0.329 e. The van der Waals surface area contributed by atoms with E-state index < -0.39 is 35.5 Å². The number of benzene rings is 2. The van der Waals surface area contributed by atoms with Crippen molar-refractivity contribution < 1.29 is 24.2 Å². The Balaban J connectivity index is 1.88. The standard InChI is InChI=1S/C28H31Cl2NO5/c1-28(2,3)36-27(35)25(17-7-8-17)31-24(16-9-11-20(29)12-10-16)22(18-5-4-6-21(30)13-18)14-19(26(31)34)15-23(32)33/h4-6,9-13,17,19,22,24-25H,7-8,14-15H2,1-3H3,(H,32,33)/t19-,22?,24-,25?/m1/s1. The van der Waals surface area contributed by atoms with Crippen molar-refractivity contribution in [3.05, 3.63) is 69.7 Å². The number of nitrogens with zero attached hydrogens (tertiary/aromatic N) is 1. The van der Waals surface area contributed by atoms with E-state index in [1.54, 1.807) is 43.9 Å². The van der Waals surface area contributed by atoms with Crippen molar-refractivity contribution >= 4 is 41.0 Å². The maximum Gasteiger partial charge on any atom is 0.329 e. The Kier molecular flexibility index (Phi) is 7.67. The lowest BCUT2D eigenvalue weighted by Gasteiger charge is -2.48. The number of carbonyl (C=O) groups is 3. The lowest BCUT2D eigenvalue weighted by atomic mass is 9.74. The van der Waals surface area contributed by atoms with E-state index >= 15 is 0 Å². The Bertz CT molecular complexity index is 1140. The van der Waals surface area contributed by atoms with Crippen LogP contribution >= 0.6 is 23.2 Å². The quantitative estimate of drug-likeness (QED) is 0.426. The SMILES string of the molecule is CC(C)(C)OC(=O)C(C1CC1)N1C(=O)[C@@H](CC(=O)O)CC(c2cccc(Cl)c2)[C@H]1c1ccc(Cl)cc1. The van der Waals surface area contributed by atoms with Crippen LogP contribution < -0.4 is 0 Å². The van der Waals surface area contributed by atoms with Gasteiger partial charge in [-0.05, 0) is 81.3 Å². The average Bonchev–Trinajstić information content (AvgIpc) is 3.60. The third kappa shape index (κ3) is 6.04. The number of hydrogen-bond donors (Lipinski definition) is 1. The van der Waals surface area contributed by atoms with Gasteiger partial charge in [-0.3, -0.25) is 9.59 Å². The molecule has 2 aromatic carbocycles. The van der Waals surface area contributed by atoms with Crippen LogP contribution in [0.3, 0.4) is 0 Å². The topological polar surface area (TPSA) is 83.9 Å². The molecule has 192 valence electrons. The molecule has 1 heterocycles. The highest BCUT2D eigenvalue weighted by Crippen LogP contribution is 2.50. The number of carboxylic acid groups (broad SMARTS) is 1. The zero-order chi connectivity index (χ0) is 26.2. The first-order valence-electron chi connectivity index (χ1n) is 12.2. The molecule has 6 nitrogen and oxygen atoms in total. The Morgan fingerprint density at radius 1 is 1.06 bits per heavy atom. The number of hydrogen-bond acceptors (Lipinski definition) is 4. The zero-order valence-electron chi connectivity index (χ0n) is 20.6. The van der Waals surface area contributed by atoms with Crippen molar-refractivity contribution in [2.75, 3.05) is 0 Å². The number of aliphatic carboxylic acids is 1. The van der Waals surface area contributed by atoms with Crippen LogP contribution in [0.1, 0.15) is 69.5 Å². The van der Waals surface area contributed by atoms with Crippen LogP contribution in [0.25, 0.3) is 0 Å². The van der Waals surface area contributed by atoms with Crippen LogP contribution in [0.15, 0.2) is 48.5 Å². The van der Waals surface area contributed by atoms with Gasteiger partial charge in [0, 0.05) is 21.9 Å². The van der Waals surface area contributed by atoms with Gasteiger partial charge in [0.2, 0.25) is 5.91 Å². The van der Waals surface area contributed by atoms with Crippen molar-refractivity contribution in [1.82, 2.24) is 4.90 Å². The molecule has 2 aliphatic rings. The third-order valence-electron chi connectivity index (χ3n) is 6.75. The Hall–Kier alpha value is -2.57. The summed E-state index contributed by atoms with van der Waals surface area (Å²) in [5, 5.41) is 10.7. The molecule has 1 saturated heterocycles. The lowest BCUT2D eigenvalue weighted by molar-refractivity contribution is -0.172. The predicted octanol–water partition coefficient (Wildman–Crippen LogP) is 6.26. The van der Waals surface area contributed by atoms with Crippen LogP contribution in [-0.2, 0) is 19.1 Å². The van der Waals surface area contributed by atoms with E-state index in [-0.39, 0.29) is 24.2 Å². The van der Waals surface area contributed by atoms with Gasteiger partial charge in [0.15, 0.2) is 0 Å². The molecule has 0 spiro atoms. The van der Waals surface area contributed by atoms with Crippen molar-refractivity contribution in [3.8, 4) is 0 Å². The van der Waals surface area contributed by atoms with Gasteiger partial charge in [0.05, 0.1) is 12.5 Å². The predicted molar refractivity (Wildman–Crippen MR) is 138 cm³/mol. The van der Waals surface area contributed by atoms with Crippen molar-refractivity contribution in [1.29, 1.82) is 0 Å². The third-order valence-corrected chi connectivity index (χ3v) is 7.24. The molecule has 1 N–H and O–H groups in total. The number of ether oxygens (including phenoxy) is 1. The van der Waals surface area contributed by atoms with Gasteiger partial charge >= 0.3 is 11.9 Å². The number of carbonyl (C=O) groups excluding carboxylic acids is 2. The maximum absolute atomic E-state index is 14.0. The van der Waals surface area contributed by atoms with E-state index in [2.05, 4.69) is 0 Å². The fourth-order valence-electron chi connectivity index (χ4n) is 5.19. The molecule has 1 aliphatic heterocycles. The number of esters is 1. The van der Waals surface area contributed by atoms with Crippen molar-refractivity contribution in [2.24, 2.45) is 11.8 Å². The first-order chi connectivity index (χ1) is 16.9. The highest BCUT2D eigenvalue weighted by molar-refractivity contribution is 6.30.